The first-order chi connectivity index (χ1) is 19.5. The Morgan fingerprint density at radius 2 is 1.60 bits per heavy atom. The van der Waals surface area contributed by atoms with Crippen LogP contribution in [0.3, 0.4) is 0 Å². The molecule has 0 spiro atoms. The lowest BCUT2D eigenvalue weighted by Crippen LogP contribution is -2.42. The van der Waals surface area contributed by atoms with Crippen LogP contribution >= 0.6 is 0 Å². The number of H-pyrrole nitrogens is 1. The fraction of sp³-hybridized carbons (Fsp3) is 0.152. The zero-order chi connectivity index (χ0) is 27.6. The van der Waals surface area contributed by atoms with Gasteiger partial charge in [-0.25, -0.2) is 9.59 Å². The zero-order valence-corrected chi connectivity index (χ0v) is 21.9. The Morgan fingerprint density at radius 1 is 0.900 bits per heavy atom. The van der Waals surface area contributed by atoms with Gasteiger partial charge >= 0.3 is 12.1 Å². The third kappa shape index (κ3) is 4.78. The minimum Gasteiger partial charge on any atom is -0.497 e. The maximum absolute atomic E-state index is 12.8. The van der Waals surface area contributed by atoms with E-state index >= 15 is 0 Å². The lowest BCUT2D eigenvalue weighted by Gasteiger charge is -2.17. The summed E-state index contributed by atoms with van der Waals surface area (Å²) in [4.78, 5) is 28.1. The quantitative estimate of drug-likeness (QED) is 0.215. The Labute approximate surface area is 231 Å². The number of aromatic nitrogens is 1. The average Bonchev–Trinajstić information content (AvgIpc) is 3.54. The number of carboxylic acids is 1. The molecule has 5 aromatic rings. The van der Waals surface area contributed by atoms with Crippen LogP contribution < -0.4 is 10.1 Å². The molecule has 6 rings (SSSR count). The predicted octanol–water partition coefficient (Wildman–Crippen LogP) is 6.38. The van der Waals surface area contributed by atoms with Crippen LogP contribution in [0.15, 0.2) is 97.2 Å². The monoisotopic (exact) mass is 532 g/mol. The van der Waals surface area contributed by atoms with E-state index in [1.807, 2.05) is 78.9 Å². The highest BCUT2D eigenvalue weighted by Gasteiger charge is 2.30. The lowest BCUT2D eigenvalue weighted by atomic mass is 9.98. The number of carbonyl (C=O) groups is 2. The molecule has 4 aromatic carbocycles. The fourth-order valence-corrected chi connectivity index (χ4v) is 5.54. The number of amides is 1. The number of carboxylic acid groups (broad SMARTS) is 1. The maximum Gasteiger partial charge on any atom is 0.407 e. The molecular formula is C33H28N2O5. The largest absolute Gasteiger partial charge is 0.497 e. The van der Waals surface area contributed by atoms with Crippen LogP contribution in [0.5, 0.6) is 5.75 Å². The van der Waals surface area contributed by atoms with Gasteiger partial charge in [-0.2, -0.15) is 0 Å². The van der Waals surface area contributed by atoms with E-state index in [1.54, 1.807) is 13.3 Å². The molecule has 3 N–H and O–H groups in total. The average molecular weight is 533 g/mol. The van der Waals surface area contributed by atoms with Crippen LogP contribution in [-0.2, 0) is 16.0 Å². The van der Waals surface area contributed by atoms with E-state index in [1.165, 1.54) is 0 Å². The highest BCUT2D eigenvalue weighted by molar-refractivity contribution is 5.89. The highest BCUT2D eigenvalue weighted by Crippen LogP contribution is 2.44. The van der Waals surface area contributed by atoms with Crippen molar-refractivity contribution in [2.75, 3.05) is 13.7 Å². The van der Waals surface area contributed by atoms with Crippen LogP contribution in [0.4, 0.5) is 4.79 Å². The van der Waals surface area contributed by atoms with E-state index in [4.69, 9.17) is 9.47 Å². The second kappa shape index (κ2) is 10.6. The van der Waals surface area contributed by atoms with Gasteiger partial charge in [0.2, 0.25) is 0 Å². The Hall–Kier alpha value is -5.04. The molecule has 0 unspecified atom stereocenters. The van der Waals surface area contributed by atoms with Crippen LogP contribution in [0, 0.1) is 0 Å². The molecule has 1 atom stereocenters. The smallest absolute Gasteiger partial charge is 0.407 e. The molecule has 0 radical (unpaired) electrons. The number of carbonyl (C=O) groups excluding carboxylic acids is 1. The minimum absolute atomic E-state index is 0.103. The number of nitrogens with one attached hydrogen (secondary N) is 2. The van der Waals surface area contributed by atoms with E-state index in [2.05, 4.69) is 22.4 Å². The van der Waals surface area contributed by atoms with Crippen molar-refractivity contribution in [3.05, 3.63) is 114 Å². The van der Waals surface area contributed by atoms with Crippen LogP contribution in [0.1, 0.15) is 22.6 Å². The van der Waals surface area contributed by atoms with Crippen molar-refractivity contribution in [3.8, 4) is 28.0 Å². The maximum atomic E-state index is 12.8. The second-order valence-electron chi connectivity index (χ2n) is 9.87. The van der Waals surface area contributed by atoms with Crippen molar-refractivity contribution in [1.29, 1.82) is 0 Å². The number of hydrogen-bond donors (Lipinski definition) is 3. The molecule has 1 aliphatic rings. The molecule has 1 heterocycles. The Morgan fingerprint density at radius 3 is 2.30 bits per heavy atom. The summed E-state index contributed by atoms with van der Waals surface area (Å²) >= 11 is 0. The van der Waals surface area contributed by atoms with E-state index in [0.29, 0.717) is 0 Å². The molecule has 0 saturated heterocycles. The van der Waals surface area contributed by atoms with E-state index in [9.17, 15) is 14.7 Å². The number of methoxy groups -OCH3 is 1. The minimum atomic E-state index is -1.15. The van der Waals surface area contributed by atoms with Crippen molar-refractivity contribution in [2.45, 2.75) is 18.4 Å². The van der Waals surface area contributed by atoms with E-state index in [0.717, 1.165) is 55.6 Å². The number of hydrogen-bond acceptors (Lipinski definition) is 4. The van der Waals surface area contributed by atoms with Gasteiger partial charge in [0.1, 0.15) is 18.4 Å². The van der Waals surface area contributed by atoms with E-state index < -0.39 is 18.1 Å². The summed E-state index contributed by atoms with van der Waals surface area (Å²) in [5.74, 6) is -0.460. The third-order valence-electron chi connectivity index (χ3n) is 7.53. The van der Waals surface area contributed by atoms with Crippen molar-refractivity contribution < 1.29 is 24.2 Å². The van der Waals surface area contributed by atoms with Gasteiger partial charge in [0.05, 0.1) is 7.11 Å². The van der Waals surface area contributed by atoms with E-state index in [-0.39, 0.29) is 18.9 Å². The zero-order valence-electron chi connectivity index (χ0n) is 21.9. The molecule has 200 valence electrons. The first kappa shape index (κ1) is 25.2. The van der Waals surface area contributed by atoms with Gasteiger partial charge < -0.3 is 24.9 Å². The SMILES string of the molecule is COc1cccc(-c2ccc3c(C[C@H](NC(=O)OCC4c5ccccc5-c5ccccc54)C(=O)O)c[nH]c3c2)c1. The van der Waals surface area contributed by atoms with Gasteiger partial charge in [-0.1, -0.05) is 72.8 Å². The van der Waals surface area contributed by atoms with Gasteiger partial charge in [-0.3, -0.25) is 0 Å². The summed E-state index contributed by atoms with van der Waals surface area (Å²) in [5.41, 5.74) is 8.13. The van der Waals surface area contributed by atoms with Gasteiger partial charge in [0.15, 0.2) is 0 Å². The summed E-state index contributed by atoms with van der Waals surface area (Å²) < 4.78 is 10.9. The number of fused-ring (bicyclic) bond motifs is 4. The molecular weight excluding hydrogens is 504 g/mol. The van der Waals surface area contributed by atoms with Gasteiger partial charge in [0.25, 0.3) is 0 Å². The van der Waals surface area contributed by atoms with Crippen molar-refractivity contribution in [2.24, 2.45) is 0 Å². The Bertz CT molecular complexity index is 1680. The number of aromatic amines is 1. The molecule has 0 fully saturated rings. The van der Waals surface area contributed by atoms with Crippen LogP contribution in [0.2, 0.25) is 0 Å². The van der Waals surface area contributed by atoms with Crippen molar-refractivity contribution in [1.82, 2.24) is 10.3 Å². The Kier molecular flexibility index (Phi) is 6.70. The predicted molar refractivity (Wildman–Crippen MR) is 154 cm³/mol. The molecule has 1 aromatic heterocycles. The number of aliphatic carboxylic acids is 1. The summed E-state index contributed by atoms with van der Waals surface area (Å²) in [6.45, 7) is 0.117. The molecule has 7 heteroatoms. The first-order valence-electron chi connectivity index (χ1n) is 13.1. The number of ether oxygens (including phenoxy) is 2. The second-order valence-corrected chi connectivity index (χ2v) is 9.87. The molecule has 1 amide bonds. The van der Waals surface area contributed by atoms with Gasteiger partial charge in [-0.05, 0) is 57.1 Å². The van der Waals surface area contributed by atoms with Crippen LogP contribution in [-0.4, -0.2) is 41.9 Å². The number of alkyl carbamates (subject to hydrolysis) is 1. The van der Waals surface area contributed by atoms with Gasteiger partial charge in [0, 0.05) is 29.4 Å². The standard InChI is InChI=1S/C33H28N2O5/c1-39-23-8-6-7-20(15-23)21-13-14-24-22(18-34-30(24)16-21)17-31(32(36)37)35-33(38)40-19-29-27-11-4-2-9-25(27)26-10-3-5-12-28(26)29/h2-16,18,29,31,34H,17,19H2,1H3,(H,35,38)(H,36,37)/t31-/m0/s1. The van der Waals surface area contributed by atoms with Crippen molar-refractivity contribution >= 4 is 23.0 Å². The number of benzene rings is 4. The fourth-order valence-electron chi connectivity index (χ4n) is 5.54. The summed E-state index contributed by atoms with van der Waals surface area (Å²) in [5, 5.41) is 13.3. The van der Waals surface area contributed by atoms with Crippen molar-refractivity contribution in [3.63, 3.8) is 0 Å². The Balaban J connectivity index is 1.15. The lowest BCUT2D eigenvalue weighted by molar-refractivity contribution is -0.139. The molecule has 40 heavy (non-hydrogen) atoms. The molecule has 0 aliphatic heterocycles. The topological polar surface area (TPSA) is 101 Å². The molecule has 0 saturated carbocycles. The van der Waals surface area contributed by atoms with Gasteiger partial charge in [-0.15, -0.1) is 0 Å². The molecule has 1 aliphatic carbocycles. The summed E-state index contributed by atoms with van der Waals surface area (Å²) in [6.07, 6.45) is 1.14. The summed E-state index contributed by atoms with van der Waals surface area (Å²) in [6, 6.07) is 28.8. The van der Waals surface area contributed by atoms with Crippen LogP contribution in [0.25, 0.3) is 33.2 Å². The highest BCUT2D eigenvalue weighted by atomic mass is 16.5. The molecule has 0 bridgehead atoms. The number of rotatable bonds is 8. The first-order valence-corrected chi connectivity index (χ1v) is 13.1. The third-order valence-corrected chi connectivity index (χ3v) is 7.53. The summed E-state index contributed by atoms with van der Waals surface area (Å²) in [7, 11) is 1.63. The normalized spacial score (nSPS) is 12.9. The molecule has 7 nitrogen and oxygen atoms in total.